The fraction of sp³-hybridized carbons (Fsp3) is 0.684. The van der Waals surface area contributed by atoms with Crippen LogP contribution in [0.15, 0.2) is 28.0 Å². The van der Waals surface area contributed by atoms with Crippen LogP contribution in [0.4, 0.5) is 0 Å². The topological polar surface area (TPSA) is 84.5 Å². The second-order valence-corrected chi connectivity index (χ2v) is 6.24. The third-order valence-electron chi connectivity index (χ3n) is 3.89. The van der Waals surface area contributed by atoms with Gasteiger partial charge in [0.15, 0.2) is 0 Å². The molecule has 0 bridgehead atoms. The van der Waals surface area contributed by atoms with Crippen LogP contribution < -0.4 is 0 Å². The predicted octanol–water partition coefficient (Wildman–Crippen LogP) is 4.70. The van der Waals surface area contributed by atoms with Gasteiger partial charge in [0.05, 0.1) is 12.8 Å². The molecule has 7 heteroatoms. The van der Waals surface area contributed by atoms with Gasteiger partial charge in [0.2, 0.25) is 6.61 Å². The highest BCUT2D eigenvalue weighted by Crippen LogP contribution is 2.10. The van der Waals surface area contributed by atoms with E-state index in [1.54, 1.807) is 12.1 Å². The van der Waals surface area contributed by atoms with Crippen molar-refractivity contribution in [2.75, 3.05) is 13.2 Å². The van der Waals surface area contributed by atoms with E-state index in [0.717, 1.165) is 19.3 Å². The molecular weight excluding hydrogens is 336 g/mol. The first-order valence-electron chi connectivity index (χ1n) is 9.58. The fourth-order valence-corrected chi connectivity index (χ4v) is 2.47. The average molecular weight is 368 g/mol. The molecule has 1 aromatic heterocycles. The standard InChI is InChI=1S/C19H32N2O5/c1-2-3-4-5-6-7-8-9-10-11-14-21(23)26-19(22)17-25-20-16-18-13-12-15-24-18/h12-13,15-16,23H,2-11,14,17H2,1H3. The molecule has 1 aromatic rings. The first-order chi connectivity index (χ1) is 12.7. The van der Waals surface area contributed by atoms with Crippen LogP contribution in [0.5, 0.6) is 0 Å². The highest BCUT2D eigenvalue weighted by atomic mass is 16.9. The Bertz CT molecular complexity index is 476. The molecule has 0 fully saturated rings. The Hall–Kier alpha value is -1.86. The zero-order chi connectivity index (χ0) is 18.9. The second kappa shape index (κ2) is 15.4. The molecule has 26 heavy (non-hydrogen) atoms. The maximum Gasteiger partial charge on any atom is 0.367 e. The Kier molecular flexibility index (Phi) is 13.1. The van der Waals surface area contributed by atoms with Crippen molar-refractivity contribution in [3.05, 3.63) is 24.2 Å². The third kappa shape index (κ3) is 12.5. The van der Waals surface area contributed by atoms with Gasteiger partial charge < -0.3 is 14.1 Å². The minimum atomic E-state index is -0.712. The number of carbonyl (C=O) groups excluding carboxylic acids is 1. The number of carbonyl (C=O) groups is 1. The summed E-state index contributed by atoms with van der Waals surface area (Å²) in [6.45, 7) is 2.13. The van der Waals surface area contributed by atoms with E-state index >= 15 is 0 Å². The average Bonchev–Trinajstić information content (AvgIpc) is 3.14. The van der Waals surface area contributed by atoms with Crippen molar-refractivity contribution in [1.29, 1.82) is 0 Å². The summed E-state index contributed by atoms with van der Waals surface area (Å²) in [4.78, 5) is 20.9. The molecule has 0 aliphatic carbocycles. The summed E-state index contributed by atoms with van der Waals surface area (Å²) in [7, 11) is 0. The number of oxime groups is 1. The van der Waals surface area contributed by atoms with E-state index in [0.29, 0.717) is 11.0 Å². The molecule has 1 rings (SSSR count). The van der Waals surface area contributed by atoms with Gasteiger partial charge in [-0.15, -0.1) is 0 Å². The summed E-state index contributed by atoms with van der Waals surface area (Å²) >= 11 is 0. The number of furan rings is 1. The lowest BCUT2D eigenvalue weighted by Gasteiger charge is -2.13. The largest absolute Gasteiger partial charge is 0.463 e. The highest BCUT2D eigenvalue weighted by Gasteiger charge is 2.09. The Morgan fingerprint density at radius 3 is 2.42 bits per heavy atom. The number of unbranched alkanes of at least 4 members (excludes halogenated alkanes) is 9. The molecule has 148 valence electrons. The minimum absolute atomic E-state index is 0.290. The van der Waals surface area contributed by atoms with Crippen LogP contribution in [0, 0.1) is 0 Å². The Morgan fingerprint density at radius 1 is 1.15 bits per heavy atom. The van der Waals surface area contributed by atoms with Gasteiger partial charge in [0.1, 0.15) is 12.0 Å². The van der Waals surface area contributed by atoms with Gasteiger partial charge in [-0.05, 0) is 23.8 Å². The maximum atomic E-state index is 11.5. The summed E-state index contributed by atoms with van der Waals surface area (Å²) in [5.41, 5.74) is 0. The van der Waals surface area contributed by atoms with Crippen LogP contribution in [0.3, 0.4) is 0 Å². The molecular formula is C19H32N2O5. The van der Waals surface area contributed by atoms with E-state index in [1.807, 2.05) is 0 Å². The predicted molar refractivity (Wildman–Crippen MR) is 98.7 cm³/mol. The number of hydrogen-bond donors (Lipinski definition) is 1. The van der Waals surface area contributed by atoms with E-state index in [9.17, 15) is 10.0 Å². The lowest BCUT2D eigenvalue weighted by molar-refractivity contribution is -0.319. The molecule has 0 atom stereocenters. The van der Waals surface area contributed by atoms with Crippen molar-refractivity contribution < 1.29 is 24.1 Å². The molecule has 1 heterocycles. The Labute approximate surface area is 155 Å². The molecule has 0 amide bonds. The summed E-state index contributed by atoms with van der Waals surface area (Å²) in [5, 5.41) is 13.7. The second-order valence-electron chi connectivity index (χ2n) is 6.24. The van der Waals surface area contributed by atoms with Crippen molar-refractivity contribution in [2.45, 2.75) is 71.1 Å². The molecule has 7 nitrogen and oxygen atoms in total. The molecule has 0 radical (unpaired) electrons. The first kappa shape index (κ1) is 22.2. The molecule has 0 unspecified atom stereocenters. The van der Waals surface area contributed by atoms with Gasteiger partial charge in [-0.1, -0.05) is 69.9 Å². The molecule has 0 aromatic carbocycles. The van der Waals surface area contributed by atoms with Gasteiger partial charge in [0.25, 0.3) is 0 Å². The van der Waals surface area contributed by atoms with Gasteiger partial charge in [-0.3, -0.25) is 5.21 Å². The van der Waals surface area contributed by atoms with Crippen molar-refractivity contribution in [1.82, 2.24) is 5.23 Å². The van der Waals surface area contributed by atoms with E-state index in [4.69, 9.17) is 14.1 Å². The van der Waals surface area contributed by atoms with E-state index in [2.05, 4.69) is 12.1 Å². The summed E-state index contributed by atoms with van der Waals surface area (Å²) in [5.74, 6) is -0.195. The van der Waals surface area contributed by atoms with Gasteiger partial charge >= 0.3 is 5.97 Å². The van der Waals surface area contributed by atoms with E-state index in [-0.39, 0.29) is 13.2 Å². The molecule has 0 saturated carbocycles. The first-order valence-corrected chi connectivity index (χ1v) is 9.58. The summed E-state index contributed by atoms with van der Waals surface area (Å²) in [6.07, 6.45) is 14.9. The van der Waals surface area contributed by atoms with Crippen molar-refractivity contribution in [2.24, 2.45) is 5.16 Å². The maximum absolute atomic E-state index is 11.5. The highest BCUT2D eigenvalue weighted by molar-refractivity contribution is 5.75. The summed E-state index contributed by atoms with van der Waals surface area (Å²) < 4.78 is 5.01. The quantitative estimate of drug-likeness (QED) is 0.259. The minimum Gasteiger partial charge on any atom is -0.463 e. The van der Waals surface area contributed by atoms with Crippen LogP contribution >= 0.6 is 0 Å². The van der Waals surface area contributed by atoms with Crippen molar-refractivity contribution >= 4 is 12.2 Å². The van der Waals surface area contributed by atoms with Gasteiger partial charge in [0, 0.05) is 0 Å². The monoisotopic (exact) mass is 368 g/mol. The normalized spacial score (nSPS) is 11.3. The Morgan fingerprint density at radius 2 is 1.81 bits per heavy atom. The van der Waals surface area contributed by atoms with Crippen LogP contribution in [-0.2, 0) is 14.5 Å². The fourth-order valence-electron chi connectivity index (χ4n) is 2.47. The molecule has 0 spiro atoms. The smallest absolute Gasteiger partial charge is 0.367 e. The van der Waals surface area contributed by atoms with Crippen molar-refractivity contribution in [3.8, 4) is 0 Å². The van der Waals surface area contributed by atoms with Crippen LogP contribution in [0.2, 0.25) is 0 Å². The van der Waals surface area contributed by atoms with Gasteiger partial charge in [-0.25, -0.2) is 4.79 Å². The molecule has 0 aliphatic heterocycles. The number of nitrogens with zero attached hydrogens (tertiary/aromatic N) is 2. The zero-order valence-corrected chi connectivity index (χ0v) is 15.8. The van der Waals surface area contributed by atoms with Crippen molar-refractivity contribution in [3.63, 3.8) is 0 Å². The molecule has 0 saturated heterocycles. The third-order valence-corrected chi connectivity index (χ3v) is 3.89. The van der Waals surface area contributed by atoms with E-state index < -0.39 is 5.97 Å². The van der Waals surface area contributed by atoms with Gasteiger partial charge in [-0.2, -0.15) is 0 Å². The van der Waals surface area contributed by atoms with E-state index in [1.165, 1.54) is 57.4 Å². The lowest BCUT2D eigenvalue weighted by atomic mass is 10.1. The SMILES string of the molecule is CCCCCCCCCCCCN(O)OC(=O)CON=Cc1ccco1. The lowest BCUT2D eigenvalue weighted by Crippen LogP contribution is -2.27. The van der Waals surface area contributed by atoms with Crippen LogP contribution in [-0.4, -0.2) is 35.8 Å². The number of hydroxylamine groups is 2. The molecule has 1 N–H and O–H groups in total. The number of rotatable bonds is 16. The number of hydrogen-bond acceptors (Lipinski definition) is 7. The summed E-state index contributed by atoms with van der Waals surface area (Å²) in [6, 6.07) is 3.42. The Balaban J connectivity index is 1.91. The zero-order valence-electron chi connectivity index (χ0n) is 15.8. The van der Waals surface area contributed by atoms with Crippen LogP contribution in [0.1, 0.15) is 76.9 Å². The van der Waals surface area contributed by atoms with Crippen LogP contribution in [0.25, 0.3) is 0 Å². The molecule has 0 aliphatic rings.